The van der Waals surface area contributed by atoms with Gasteiger partial charge in [0.05, 0.1) is 0 Å². The van der Waals surface area contributed by atoms with Gasteiger partial charge in [0, 0.05) is 30.7 Å². The molecule has 110 valence electrons. The average molecular weight is 285 g/mol. The maximum atomic E-state index is 13.6. The van der Waals surface area contributed by atoms with Crippen LogP contribution in [0.3, 0.4) is 0 Å². The van der Waals surface area contributed by atoms with E-state index in [1.54, 1.807) is 0 Å². The molecule has 1 fully saturated rings. The molecule has 0 radical (unpaired) electrons. The summed E-state index contributed by atoms with van der Waals surface area (Å²) in [6.07, 6.45) is 3.38. The minimum Gasteiger partial charge on any atom is -0.507 e. The van der Waals surface area contributed by atoms with Crippen molar-refractivity contribution >= 4 is 5.91 Å². The third kappa shape index (κ3) is 3.07. The summed E-state index contributed by atoms with van der Waals surface area (Å²) in [7, 11) is 0. The Morgan fingerprint density at radius 1 is 1.30 bits per heavy atom. The van der Waals surface area contributed by atoms with Crippen LogP contribution >= 0.6 is 0 Å². The van der Waals surface area contributed by atoms with Gasteiger partial charge < -0.3 is 15.5 Å². The van der Waals surface area contributed by atoms with Crippen molar-refractivity contribution in [2.24, 2.45) is 5.92 Å². The predicted molar refractivity (Wildman–Crippen MR) is 68.3 cm³/mol. The van der Waals surface area contributed by atoms with Crippen LogP contribution in [0.5, 0.6) is 5.75 Å². The number of carbonyl (C=O) groups is 1. The van der Waals surface area contributed by atoms with E-state index in [1.807, 2.05) is 0 Å². The van der Waals surface area contributed by atoms with E-state index in [-0.39, 0.29) is 18.6 Å². The SMILES string of the molecule is O=C(NC1CCCCC1CO)c1c(O)cc(F)cc1F. The Morgan fingerprint density at radius 2 is 2.00 bits per heavy atom. The lowest BCUT2D eigenvalue weighted by Gasteiger charge is -2.30. The van der Waals surface area contributed by atoms with E-state index in [0.29, 0.717) is 18.6 Å². The molecule has 0 bridgehead atoms. The van der Waals surface area contributed by atoms with Gasteiger partial charge in [-0.3, -0.25) is 4.79 Å². The van der Waals surface area contributed by atoms with Crippen LogP contribution in [0.25, 0.3) is 0 Å². The van der Waals surface area contributed by atoms with Crippen molar-refractivity contribution in [1.82, 2.24) is 5.32 Å². The lowest BCUT2D eigenvalue weighted by atomic mass is 9.85. The molecule has 2 rings (SSSR count). The molecule has 0 spiro atoms. The minimum absolute atomic E-state index is 0.0527. The topological polar surface area (TPSA) is 69.6 Å². The summed E-state index contributed by atoms with van der Waals surface area (Å²) in [5.41, 5.74) is -0.561. The number of aliphatic hydroxyl groups is 1. The molecule has 1 aromatic carbocycles. The number of hydrogen-bond donors (Lipinski definition) is 3. The third-order valence-corrected chi connectivity index (χ3v) is 3.72. The number of aromatic hydroxyl groups is 1. The zero-order chi connectivity index (χ0) is 14.7. The van der Waals surface area contributed by atoms with Crippen molar-refractivity contribution in [3.05, 3.63) is 29.3 Å². The van der Waals surface area contributed by atoms with Crippen LogP contribution in [0.1, 0.15) is 36.0 Å². The highest BCUT2D eigenvalue weighted by Gasteiger charge is 2.28. The van der Waals surface area contributed by atoms with Gasteiger partial charge in [0.2, 0.25) is 0 Å². The Bertz CT molecular complexity index is 484. The zero-order valence-corrected chi connectivity index (χ0v) is 10.9. The summed E-state index contributed by atoms with van der Waals surface area (Å²) >= 11 is 0. The quantitative estimate of drug-likeness (QED) is 0.795. The van der Waals surface area contributed by atoms with E-state index in [4.69, 9.17) is 0 Å². The molecule has 0 heterocycles. The van der Waals surface area contributed by atoms with Crippen LogP contribution in [0.15, 0.2) is 12.1 Å². The van der Waals surface area contributed by atoms with E-state index in [9.17, 15) is 23.8 Å². The van der Waals surface area contributed by atoms with E-state index in [2.05, 4.69) is 5.32 Å². The third-order valence-electron chi connectivity index (χ3n) is 3.72. The fraction of sp³-hybridized carbons (Fsp3) is 0.500. The Morgan fingerprint density at radius 3 is 2.65 bits per heavy atom. The van der Waals surface area contributed by atoms with Gasteiger partial charge in [0.15, 0.2) is 0 Å². The van der Waals surface area contributed by atoms with E-state index in [1.165, 1.54) is 0 Å². The number of amides is 1. The molecule has 2 atom stereocenters. The second-order valence-corrected chi connectivity index (χ2v) is 5.09. The Labute approximate surface area is 115 Å². The van der Waals surface area contributed by atoms with Gasteiger partial charge in [-0.25, -0.2) is 8.78 Å². The maximum Gasteiger partial charge on any atom is 0.258 e. The molecule has 0 aliphatic heterocycles. The van der Waals surface area contributed by atoms with Crippen LogP contribution in [-0.4, -0.2) is 28.8 Å². The molecule has 0 aromatic heterocycles. The molecule has 1 aliphatic rings. The molecule has 1 aliphatic carbocycles. The molecule has 20 heavy (non-hydrogen) atoms. The van der Waals surface area contributed by atoms with E-state index >= 15 is 0 Å². The summed E-state index contributed by atoms with van der Waals surface area (Å²) in [5, 5.41) is 21.4. The number of halogens is 2. The largest absolute Gasteiger partial charge is 0.507 e. The lowest BCUT2D eigenvalue weighted by Crippen LogP contribution is -2.43. The second kappa shape index (κ2) is 6.17. The number of phenols is 1. The Balaban J connectivity index is 2.16. The molecule has 1 saturated carbocycles. The molecular weight excluding hydrogens is 268 g/mol. The van der Waals surface area contributed by atoms with Gasteiger partial charge in [-0.15, -0.1) is 0 Å². The first-order chi connectivity index (χ1) is 9.52. The van der Waals surface area contributed by atoms with Gasteiger partial charge in [-0.05, 0) is 12.8 Å². The minimum atomic E-state index is -1.10. The number of hydrogen-bond acceptors (Lipinski definition) is 3. The first-order valence-electron chi connectivity index (χ1n) is 6.62. The van der Waals surface area contributed by atoms with Gasteiger partial charge in [0.1, 0.15) is 22.9 Å². The average Bonchev–Trinajstić information content (AvgIpc) is 2.38. The van der Waals surface area contributed by atoms with Crippen molar-refractivity contribution in [3.63, 3.8) is 0 Å². The Hall–Kier alpha value is -1.69. The van der Waals surface area contributed by atoms with Crippen LogP contribution in [0.4, 0.5) is 8.78 Å². The van der Waals surface area contributed by atoms with Crippen LogP contribution < -0.4 is 5.32 Å². The number of carbonyl (C=O) groups excluding carboxylic acids is 1. The monoisotopic (exact) mass is 285 g/mol. The highest BCUT2D eigenvalue weighted by Crippen LogP contribution is 2.26. The summed E-state index contributed by atoms with van der Waals surface area (Å²) in [5.74, 6) is -3.63. The highest BCUT2D eigenvalue weighted by molar-refractivity contribution is 5.97. The summed E-state index contributed by atoms with van der Waals surface area (Å²) in [6, 6.07) is 0.992. The van der Waals surface area contributed by atoms with E-state index in [0.717, 1.165) is 19.3 Å². The van der Waals surface area contributed by atoms with Gasteiger partial charge >= 0.3 is 0 Å². The molecule has 1 aromatic rings. The number of nitrogens with one attached hydrogen (secondary N) is 1. The van der Waals surface area contributed by atoms with Gasteiger partial charge in [-0.2, -0.15) is 0 Å². The van der Waals surface area contributed by atoms with Crippen LogP contribution in [0, 0.1) is 17.6 Å². The number of benzene rings is 1. The van der Waals surface area contributed by atoms with Crippen molar-refractivity contribution < 1.29 is 23.8 Å². The first kappa shape index (κ1) is 14.7. The first-order valence-corrected chi connectivity index (χ1v) is 6.62. The van der Waals surface area contributed by atoms with Crippen molar-refractivity contribution in [3.8, 4) is 5.75 Å². The maximum absolute atomic E-state index is 13.6. The van der Waals surface area contributed by atoms with Gasteiger partial charge in [0.25, 0.3) is 5.91 Å². The predicted octanol–water partition coefficient (Wildman–Crippen LogP) is 1.95. The molecule has 3 N–H and O–H groups in total. The molecule has 2 unspecified atom stereocenters. The lowest BCUT2D eigenvalue weighted by molar-refractivity contribution is 0.0866. The summed E-state index contributed by atoms with van der Waals surface area (Å²) in [4.78, 5) is 12.0. The molecule has 0 saturated heterocycles. The molecule has 4 nitrogen and oxygen atoms in total. The Kier molecular flexibility index (Phi) is 4.54. The number of phenolic OH excluding ortho intramolecular Hbond substituents is 1. The van der Waals surface area contributed by atoms with Crippen molar-refractivity contribution in [1.29, 1.82) is 0 Å². The highest BCUT2D eigenvalue weighted by atomic mass is 19.1. The smallest absolute Gasteiger partial charge is 0.258 e. The molecule has 6 heteroatoms. The van der Waals surface area contributed by atoms with Crippen LogP contribution in [0.2, 0.25) is 0 Å². The summed E-state index contributed by atoms with van der Waals surface area (Å²) < 4.78 is 26.5. The number of rotatable bonds is 3. The van der Waals surface area contributed by atoms with Crippen molar-refractivity contribution in [2.45, 2.75) is 31.7 Å². The molecule has 1 amide bonds. The fourth-order valence-electron chi connectivity index (χ4n) is 2.64. The van der Waals surface area contributed by atoms with E-state index < -0.39 is 28.9 Å². The molecular formula is C14H17F2NO3. The summed E-state index contributed by atoms with van der Waals surface area (Å²) in [6.45, 7) is -0.0527. The standard InChI is InChI=1S/C14H17F2NO3/c15-9-5-10(16)13(12(19)6-9)14(20)17-11-4-2-1-3-8(11)7-18/h5-6,8,11,18-19H,1-4,7H2,(H,17,20). The second-order valence-electron chi connectivity index (χ2n) is 5.09. The normalized spacial score (nSPS) is 22.6. The van der Waals surface area contributed by atoms with Crippen LogP contribution in [-0.2, 0) is 0 Å². The van der Waals surface area contributed by atoms with Gasteiger partial charge in [-0.1, -0.05) is 12.8 Å². The fourth-order valence-corrected chi connectivity index (χ4v) is 2.64. The number of aliphatic hydroxyl groups excluding tert-OH is 1. The zero-order valence-electron chi connectivity index (χ0n) is 10.9. The van der Waals surface area contributed by atoms with Crippen molar-refractivity contribution in [2.75, 3.05) is 6.61 Å².